The summed E-state index contributed by atoms with van der Waals surface area (Å²) < 4.78 is 2.07. The third-order valence-corrected chi connectivity index (χ3v) is 4.92. The molecule has 0 radical (unpaired) electrons. The van der Waals surface area contributed by atoms with Gasteiger partial charge in [0.05, 0.1) is 12.7 Å². The predicted molar refractivity (Wildman–Crippen MR) is 83.4 cm³/mol. The van der Waals surface area contributed by atoms with E-state index in [4.69, 9.17) is 0 Å². The Morgan fingerprint density at radius 1 is 1.13 bits per heavy atom. The van der Waals surface area contributed by atoms with Gasteiger partial charge in [0.15, 0.2) is 0 Å². The first-order valence-corrected chi connectivity index (χ1v) is 7.94. The molecule has 0 unspecified atom stereocenters. The van der Waals surface area contributed by atoms with E-state index in [9.17, 15) is 4.79 Å². The second kappa shape index (κ2) is 5.73. The standard InChI is InChI=1S/C16H20N6O/c1-20-5-4-19-15(20)11-21-7-12-9-22(10-13(12)8-21)16(23)14-6-17-2-3-18-14/h2-6,12-13H,7-11H2,1H3/t12-,13+. The van der Waals surface area contributed by atoms with Crippen molar-refractivity contribution < 1.29 is 4.79 Å². The van der Waals surface area contributed by atoms with Gasteiger partial charge in [0.1, 0.15) is 11.5 Å². The fraction of sp³-hybridized carbons (Fsp3) is 0.500. The van der Waals surface area contributed by atoms with Crippen molar-refractivity contribution in [1.82, 2.24) is 29.3 Å². The number of nitrogens with zero attached hydrogens (tertiary/aromatic N) is 6. The maximum Gasteiger partial charge on any atom is 0.274 e. The minimum atomic E-state index is 0.00292. The molecule has 0 spiro atoms. The van der Waals surface area contributed by atoms with Crippen LogP contribution in [0.2, 0.25) is 0 Å². The lowest BCUT2D eigenvalue weighted by molar-refractivity contribution is 0.0767. The maximum atomic E-state index is 12.5. The summed E-state index contributed by atoms with van der Waals surface area (Å²) in [5.41, 5.74) is 0.442. The SMILES string of the molecule is Cn1ccnc1CN1C[C@@H]2CN(C(=O)c3cnccn3)C[C@@H]2C1. The van der Waals surface area contributed by atoms with Gasteiger partial charge in [0.25, 0.3) is 5.91 Å². The van der Waals surface area contributed by atoms with Gasteiger partial charge in [-0.1, -0.05) is 0 Å². The lowest BCUT2D eigenvalue weighted by Gasteiger charge is -2.21. The van der Waals surface area contributed by atoms with Crippen LogP contribution in [0.1, 0.15) is 16.3 Å². The minimum absolute atomic E-state index is 0.00292. The number of rotatable bonds is 3. The minimum Gasteiger partial charge on any atom is -0.337 e. The molecular formula is C16H20N6O. The van der Waals surface area contributed by atoms with Gasteiger partial charge in [-0.2, -0.15) is 0 Å². The monoisotopic (exact) mass is 312 g/mol. The summed E-state index contributed by atoms with van der Waals surface area (Å²) >= 11 is 0. The molecule has 7 heteroatoms. The predicted octanol–water partition coefficient (Wildman–Crippen LogP) is 0.414. The second-order valence-corrected chi connectivity index (χ2v) is 6.47. The van der Waals surface area contributed by atoms with E-state index < -0.39 is 0 Å². The van der Waals surface area contributed by atoms with Crippen LogP contribution in [0.5, 0.6) is 0 Å². The summed E-state index contributed by atoms with van der Waals surface area (Å²) in [6, 6.07) is 0. The Bertz CT molecular complexity index is 686. The average molecular weight is 312 g/mol. The molecule has 0 saturated carbocycles. The van der Waals surface area contributed by atoms with E-state index in [1.165, 1.54) is 0 Å². The van der Waals surface area contributed by atoms with Crippen molar-refractivity contribution in [3.05, 3.63) is 42.5 Å². The topological polar surface area (TPSA) is 67.2 Å². The molecule has 0 bridgehead atoms. The van der Waals surface area contributed by atoms with E-state index in [0.717, 1.165) is 38.5 Å². The molecule has 23 heavy (non-hydrogen) atoms. The molecule has 1 amide bonds. The summed E-state index contributed by atoms with van der Waals surface area (Å²) in [7, 11) is 2.03. The Balaban J connectivity index is 1.37. The number of aromatic nitrogens is 4. The van der Waals surface area contributed by atoms with Gasteiger partial charge in [-0.3, -0.25) is 14.7 Å². The molecule has 0 N–H and O–H groups in total. The summed E-state index contributed by atoms with van der Waals surface area (Å²) in [4.78, 5) is 29.3. The van der Waals surface area contributed by atoms with Crippen LogP contribution in [0.15, 0.2) is 31.0 Å². The van der Waals surface area contributed by atoms with Gasteiger partial charge in [-0.15, -0.1) is 0 Å². The van der Waals surface area contributed by atoms with Crippen molar-refractivity contribution in [2.75, 3.05) is 26.2 Å². The number of fused-ring (bicyclic) bond motifs is 1. The maximum absolute atomic E-state index is 12.5. The Morgan fingerprint density at radius 3 is 2.52 bits per heavy atom. The largest absolute Gasteiger partial charge is 0.337 e. The smallest absolute Gasteiger partial charge is 0.274 e. The molecule has 4 rings (SSSR count). The number of carbonyl (C=O) groups is 1. The zero-order valence-corrected chi connectivity index (χ0v) is 13.2. The first-order chi connectivity index (χ1) is 11.2. The second-order valence-electron chi connectivity index (χ2n) is 6.47. The fourth-order valence-corrected chi connectivity index (χ4v) is 3.71. The van der Waals surface area contributed by atoms with Crippen LogP contribution >= 0.6 is 0 Å². The lowest BCUT2D eigenvalue weighted by Crippen LogP contribution is -2.33. The van der Waals surface area contributed by atoms with E-state index in [-0.39, 0.29) is 5.91 Å². The summed E-state index contributed by atoms with van der Waals surface area (Å²) in [6.45, 7) is 4.58. The summed E-state index contributed by atoms with van der Waals surface area (Å²) in [6.07, 6.45) is 8.52. The molecule has 120 valence electrons. The number of aryl methyl sites for hydroxylation is 1. The summed E-state index contributed by atoms with van der Waals surface area (Å²) in [5, 5.41) is 0. The van der Waals surface area contributed by atoms with Crippen molar-refractivity contribution in [1.29, 1.82) is 0 Å². The molecule has 0 aromatic carbocycles. The molecule has 2 saturated heterocycles. The molecular weight excluding hydrogens is 292 g/mol. The van der Waals surface area contributed by atoms with Gasteiger partial charge in [-0.25, -0.2) is 9.97 Å². The van der Waals surface area contributed by atoms with Crippen LogP contribution in [0.4, 0.5) is 0 Å². The van der Waals surface area contributed by atoms with E-state index in [2.05, 4.69) is 24.4 Å². The highest BCUT2D eigenvalue weighted by Crippen LogP contribution is 2.32. The Labute approximate surface area is 135 Å². The summed E-state index contributed by atoms with van der Waals surface area (Å²) in [5.74, 6) is 2.20. The highest BCUT2D eigenvalue weighted by Gasteiger charge is 2.42. The lowest BCUT2D eigenvalue weighted by atomic mass is 10.0. The molecule has 2 aliphatic heterocycles. The van der Waals surface area contributed by atoms with Crippen molar-refractivity contribution >= 4 is 5.91 Å². The number of hydrogen-bond acceptors (Lipinski definition) is 5. The van der Waals surface area contributed by atoms with Crippen molar-refractivity contribution in [2.24, 2.45) is 18.9 Å². The van der Waals surface area contributed by atoms with E-state index in [1.807, 2.05) is 24.3 Å². The molecule has 7 nitrogen and oxygen atoms in total. The van der Waals surface area contributed by atoms with Crippen LogP contribution in [-0.2, 0) is 13.6 Å². The first kappa shape index (κ1) is 14.3. The molecule has 2 aliphatic rings. The van der Waals surface area contributed by atoms with E-state index in [0.29, 0.717) is 17.5 Å². The van der Waals surface area contributed by atoms with Crippen molar-refractivity contribution in [3.8, 4) is 0 Å². The fourth-order valence-electron chi connectivity index (χ4n) is 3.71. The quantitative estimate of drug-likeness (QED) is 0.821. The first-order valence-electron chi connectivity index (χ1n) is 7.94. The Hall–Kier alpha value is -2.28. The average Bonchev–Trinajstić information content (AvgIpc) is 3.23. The number of carbonyl (C=O) groups excluding carboxylic acids is 1. The number of imidazole rings is 1. The zero-order chi connectivity index (χ0) is 15.8. The molecule has 0 aliphatic carbocycles. The van der Waals surface area contributed by atoms with Crippen LogP contribution in [-0.4, -0.2) is 61.4 Å². The molecule has 2 fully saturated rings. The third kappa shape index (κ3) is 2.72. The van der Waals surface area contributed by atoms with Crippen LogP contribution in [0, 0.1) is 11.8 Å². The third-order valence-electron chi connectivity index (χ3n) is 4.92. The van der Waals surface area contributed by atoms with Gasteiger partial charge >= 0.3 is 0 Å². The van der Waals surface area contributed by atoms with Gasteiger partial charge in [0.2, 0.25) is 0 Å². The molecule has 2 aromatic rings. The van der Waals surface area contributed by atoms with E-state index >= 15 is 0 Å². The van der Waals surface area contributed by atoms with Crippen molar-refractivity contribution in [3.63, 3.8) is 0 Å². The zero-order valence-electron chi connectivity index (χ0n) is 13.2. The van der Waals surface area contributed by atoms with Crippen molar-refractivity contribution in [2.45, 2.75) is 6.54 Å². The van der Waals surface area contributed by atoms with Crippen LogP contribution in [0.25, 0.3) is 0 Å². The van der Waals surface area contributed by atoms with Gasteiger partial charge in [0, 0.05) is 58.0 Å². The number of amides is 1. The molecule has 2 atom stereocenters. The highest BCUT2D eigenvalue weighted by atomic mass is 16.2. The van der Waals surface area contributed by atoms with Crippen LogP contribution < -0.4 is 0 Å². The number of hydrogen-bond donors (Lipinski definition) is 0. The molecule has 4 heterocycles. The molecule has 2 aromatic heterocycles. The Kier molecular flexibility index (Phi) is 3.57. The number of likely N-dealkylation sites (tertiary alicyclic amines) is 2. The van der Waals surface area contributed by atoms with Gasteiger partial charge < -0.3 is 9.47 Å². The van der Waals surface area contributed by atoms with Crippen LogP contribution in [0.3, 0.4) is 0 Å². The highest BCUT2D eigenvalue weighted by molar-refractivity contribution is 5.92. The van der Waals surface area contributed by atoms with Gasteiger partial charge in [-0.05, 0) is 11.8 Å². The van der Waals surface area contributed by atoms with E-state index in [1.54, 1.807) is 18.6 Å². The normalized spacial score (nSPS) is 24.1. The Morgan fingerprint density at radius 2 is 1.91 bits per heavy atom.